The lowest BCUT2D eigenvalue weighted by molar-refractivity contribution is 0.317. The quantitative estimate of drug-likeness (QED) is 0.850. The van der Waals surface area contributed by atoms with Crippen molar-refractivity contribution in [1.29, 1.82) is 0 Å². The summed E-state index contributed by atoms with van der Waals surface area (Å²) >= 11 is 0. The summed E-state index contributed by atoms with van der Waals surface area (Å²) in [4.78, 5) is 0. The van der Waals surface area contributed by atoms with Gasteiger partial charge in [-0.3, -0.25) is 0 Å². The molecule has 2 rings (SSSR count). The zero-order chi connectivity index (χ0) is 15.2. The van der Waals surface area contributed by atoms with E-state index in [1.807, 2.05) is 26.0 Å². The van der Waals surface area contributed by atoms with Crippen molar-refractivity contribution < 1.29 is 14.2 Å². The van der Waals surface area contributed by atoms with Gasteiger partial charge in [0.1, 0.15) is 5.82 Å². The lowest BCUT2D eigenvalue weighted by atomic mass is 10.1. The summed E-state index contributed by atoms with van der Waals surface area (Å²) in [6.45, 7) is 4.85. The van der Waals surface area contributed by atoms with Gasteiger partial charge in [0.05, 0.1) is 6.61 Å². The second kappa shape index (κ2) is 7.09. The van der Waals surface area contributed by atoms with E-state index in [-0.39, 0.29) is 17.6 Å². The summed E-state index contributed by atoms with van der Waals surface area (Å²) in [5.41, 5.74) is 1.61. The van der Waals surface area contributed by atoms with Gasteiger partial charge in [-0.1, -0.05) is 24.3 Å². The van der Waals surface area contributed by atoms with Crippen LogP contribution in [0.5, 0.6) is 11.5 Å². The van der Waals surface area contributed by atoms with E-state index < -0.39 is 0 Å². The molecule has 3 nitrogen and oxygen atoms in total. The van der Waals surface area contributed by atoms with Crippen LogP contribution in [0.25, 0.3) is 0 Å². The summed E-state index contributed by atoms with van der Waals surface area (Å²) in [6.07, 6.45) is 0. The highest BCUT2D eigenvalue weighted by Gasteiger charge is 2.10. The van der Waals surface area contributed by atoms with Crippen LogP contribution in [0, 0.1) is 5.82 Å². The molecule has 4 heteroatoms. The van der Waals surface area contributed by atoms with Crippen LogP contribution in [0.3, 0.4) is 0 Å². The molecule has 21 heavy (non-hydrogen) atoms. The number of nitrogens with one attached hydrogen (secondary N) is 1. The minimum atomic E-state index is -0.210. The molecule has 0 aromatic heterocycles. The molecule has 112 valence electrons. The van der Waals surface area contributed by atoms with Crippen molar-refractivity contribution in [2.24, 2.45) is 0 Å². The molecule has 0 heterocycles. The molecule has 2 N–H and O–H groups in total. The Kier molecular flexibility index (Phi) is 5.17. The molecular weight excluding hydrogens is 269 g/mol. The molecule has 0 spiro atoms. The molecule has 0 aliphatic heterocycles. The Balaban J connectivity index is 2.03. The van der Waals surface area contributed by atoms with Gasteiger partial charge in [0.15, 0.2) is 11.5 Å². The summed E-state index contributed by atoms with van der Waals surface area (Å²) in [6, 6.07) is 11.9. The largest absolute Gasteiger partial charge is 0.504 e. The fourth-order valence-electron chi connectivity index (χ4n) is 2.15. The van der Waals surface area contributed by atoms with Gasteiger partial charge in [-0.05, 0) is 37.6 Å². The first-order valence-corrected chi connectivity index (χ1v) is 7.04. The monoisotopic (exact) mass is 289 g/mol. The summed E-state index contributed by atoms with van der Waals surface area (Å²) in [7, 11) is 0. The molecule has 1 atom stereocenters. The summed E-state index contributed by atoms with van der Waals surface area (Å²) in [5, 5.41) is 12.9. The number of halogens is 1. The Bertz CT molecular complexity index is 601. The van der Waals surface area contributed by atoms with Crippen LogP contribution < -0.4 is 10.1 Å². The Labute approximate surface area is 124 Å². The van der Waals surface area contributed by atoms with Gasteiger partial charge in [0.25, 0.3) is 0 Å². The number of hydrogen-bond donors (Lipinski definition) is 2. The van der Waals surface area contributed by atoms with Crippen LogP contribution in [0.1, 0.15) is 31.0 Å². The number of phenols is 1. The summed E-state index contributed by atoms with van der Waals surface area (Å²) < 4.78 is 19.0. The highest BCUT2D eigenvalue weighted by molar-refractivity contribution is 5.41. The molecule has 0 unspecified atom stereocenters. The third-order valence-corrected chi connectivity index (χ3v) is 3.31. The Morgan fingerprint density at radius 3 is 2.71 bits per heavy atom. The van der Waals surface area contributed by atoms with Crippen molar-refractivity contribution in [1.82, 2.24) is 5.32 Å². The van der Waals surface area contributed by atoms with E-state index >= 15 is 0 Å². The van der Waals surface area contributed by atoms with Crippen molar-refractivity contribution in [2.75, 3.05) is 6.61 Å². The van der Waals surface area contributed by atoms with Crippen LogP contribution in [0.15, 0.2) is 42.5 Å². The van der Waals surface area contributed by atoms with Crippen molar-refractivity contribution >= 4 is 0 Å². The summed E-state index contributed by atoms with van der Waals surface area (Å²) in [5.74, 6) is 0.385. The fourth-order valence-corrected chi connectivity index (χ4v) is 2.15. The van der Waals surface area contributed by atoms with Crippen molar-refractivity contribution in [3.05, 3.63) is 59.4 Å². The van der Waals surface area contributed by atoms with Gasteiger partial charge < -0.3 is 15.2 Å². The molecule has 2 aromatic rings. The van der Waals surface area contributed by atoms with E-state index in [0.29, 0.717) is 24.5 Å². The van der Waals surface area contributed by atoms with Crippen LogP contribution in [0.2, 0.25) is 0 Å². The molecule has 0 amide bonds. The highest BCUT2D eigenvalue weighted by atomic mass is 19.1. The van der Waals surface area contributed by atoms with Crippen LogP contribution in [-0.4, -0.2) is 11.7 Å². The third kappa shape index (κ3) is 3.95. The molecule has 0 fully saturated rings. The smallest absolute Gasteiger partial charge is 0.161 e. The predicted octanol–water partition coefficient (Wildman–Crippen LogP) is 3.78. The van der Waals surface area contributed by atoms with E-state index in [0.717, 1.165) is 5.56 Å². The molecular formula is C17H20FNO2. The Hall–Kier alpha value is -2.07. The van der Waals surface area contributed by atoms with Gasteiger partial charge in [0, 0.05) is 18.2 Å². The zero-order valence-electron chi connectivity index (χ0n) is 12.3. The number of aromatic hydroxyl groups is 1. The van der Waals surface area contributed by atoms with Gasteiger partial charge in [-0.25, -0.2) is 4.39 Å². The van der Waals surface area contributed by atoms with E-state index in [9.17, 15) is 9.50 Å². The van der Waals surface area contributed by atoms with Gasteiger partial charge in [-0.2, -0.15) is 0 Å². The molecule has 0 aliphatic rings. The molecule has 0 radical (unpaired) electrons. The first kappa shape index (κ1) is 15.3. The zero-order valence-corrected chi connectivity index (χ0v) is 12.3. The van der Waals surface area contributed by atoms with E-state index in [1.54, 1.807) is 24.3 Å². The van der Waals surface area contributed by atoms with E-state index in [4.69, 9.17) is 4.74 Å². The molecule has 0 saturated heterocycles. The molecule has 0 saturated carbocycles. The Morgan fingerprint density at radius 2 is 2.00 bits per heavy atom. The van der Waals surface area contributed by atoms with Gasteiger partial charge >= 0.3 is 0 Å². The van der Waals surface area contributed by atoms with Crippen molar-refractivity contribution in [2.45, 2.75) is 26.4 Å². The first-order valence-electron chi connectivity index (χ1n) is 7.04. The normalized spacial score (nSPS) is 12.1. The Morgan fingerprint density at radius 1 is 1.24 bits per heavy atom. The van der Waals surface area contributed by atoms with Crippen LogP contribution >= 0.6 is 0 Å². The molecule has 0 bridgehead atoms. The average Bonchev–Trinajstić information content (AvgIpc) is 2.48. The van der Waals surface area contributed by atoms with Gasteiger partial charge in [0.2, 0.25) is 0 Å². The number of ether oxygens (including phenoxy) is 1. The lowest BCUT2D eigenvalue weighted by Crippen LogP contribution is -2.19. The third-order valence-electron chi connectivity index (χ3n) is 3.31. The number of benzene rings is 2. The minimum absolute atomic E-state index is 0.101. The second-order valence-corrected chi connectivity index (χ2v) is 4.86. The topological polar surface area (TPSA) is 41.5 Å². The maximum Gasteiger partial charge on any atom is 0.161 e. The average molecular weight is 289 g/mol. The molecule has 2 aromatic carbocycles. The van der Waals surface area contributed by atoms with Crippen LogP contribution in [0.4, 0.5) is 4.39 Å². The number of phenolic OH excluding ortho intramolecular Hbond substituents is 1. The van der Waals surface area contributed by atoms with Crippen molar-refractivity contribution in [3.63, 3.8) is 0 Å². The van der Waals surface area contributed by atoms with Crippen molar-refractivity contribution in [3.8, 4) is 11.5 Å². The lowest BCUT2D eigenvalue weighted by Gasteiger charge is -2.15. The SMILES string of the molecule is CCOc1cc(CN[C@H](C)c2ccccc2F)ccc1O. The van der Waals surface area contributed by atoms with Gasteiger partial charge in [-0.15, -0.1) is 0 Å². The predicted molar refractivity (Wildman–Crippen MR) is 80.9 cm³/mol. The highest BCUT2D eigenvalue weighted by Crippen LogP contribution is 2.27. The minimum Gasteiger partial charge on any atom is -0.504 e. The van der Waals surface area contributed by atoms with E-state index in [2.05, 4.69) is 5.32 Å². The number of hydrogen-bond acceptors (Lipinski definition) is 3. The first-order chi connectivity index (χ1) is 10.1. The maximum atomic E-state index is 13.7. The van der Waals surface area contributed by atoms with E-state index in [1.165, 1.54) is 6.07 Å². The second-order valence-electron chi connectivity index (χ2n) is 4.86. The fraction of sp³-hybridized carbons (Fsp3) is 0.294. The maximum absolute atomic E-state index is 13.7. The standard InChI is InChI=1S/C17H20FNO2/c1-3-21-17-10-13(8-9-16(17)20)11-19-12(2)14-6-4-5-7-15(14)18/h4-10,12,19-20H,3,11H2,1-2H3/t12-/m1/s1. The number of rotatable bonds is 6. The van der Waals surface area contributed by atoms with Crippen LogP contribution in [-0.2, 0) is 6.54 Å². The molecule has 0 aliphatic carbocycles.